The number of nitrogens with zero attached hydrogens (tertiary/aromatic N) is 1. The van der Waals surface area contributed by atoms with Crippen LogP contribution in [0.5, 0.6) is 0 Å². The average molecular weight is 254 g/mol. The number of ether oxygens (including phenoxy) is 1. The molecule has 4 heteroatoms. The molecule has 1 N–H and O–H groups in total. The second kappa shape index (κ2) is 6.47. The van der Waals surface area contributed by atoms with Gasteiger partial charge in [0.15, 0.2) is 0 Å². The van der Waals surface area contributed by atoms with Crippen LogP contribution in [0.3, 0.4) is 0 Å². The third kappa shape index (κ3) is 3.50. The fraction of sp³-hybridized carbons (Fsp3) is 0.769. The zero-order valence-corrected chi connectivity index (χ0v) is 11.5. The molecule has 0 spiro atoms. The molecule has 1 fully saturated rings. The molecule has 3 nitrogen and oxygen atoms in total. The minimum absolute atomic E-state index is 0.413. The van der Waals surface area contributed by atoms with Crippen LogP contribution >= 0.6 is 11.3 Å². The Bertz CT molecular complexity index is 315. The van der Waals surface area contributed by atoms with E-state index >= 15 is 0 Å². The first-order valence-corrected chi connectivity index (χ1v) is 7.48. The van der Waals surface area contributed by atoms with Crippen molar-refractivity contribution in [2.45, 2.75) is 57.7 Å². The summed E-state index contributed by atoms with van der Waals surface area (Å²) in [7, 11) is 0. The van der Waals surface area contributed by atoms with E-state index in [9.17, 15) is 0 Å². The normalized spacial score (nSPS) is 26.9. The summed E-state index contributed by atoms with van der Waals surface area (Å²) >= 11 is 1.75. The third-order valence-electron chi connectivity index (χ3n) is 3.42. The number of aromatic nitrogens is 1. The minimum Gasteiger partial charge on any atom is -0.378 e. The molecular weight excluding hydrogens is 232 g/mol. The van der Waals surface area contributed by atoms with Crippen molar-refractivity contribution in [3.8, 4) is 0 Å². The van der Waals surface area contributed by atoms with Crippen LogP contribution in [0.4, 0.5) is 0 Å². The molecule has 0 aliphatic carbocycles. The maximum absolute atomic E-state index is 5.71. The molecule has 2 heterocycles. The van der Waals surface area contributed by atoms with Crippen molar-refractivity contribution >= 4 is 11.3 Å². The van der Waals surface area contributed by atoms with Gasteiger partial charge in [0.2, 0.25) is 0 Å². The maximum Gasteiger partial charge on any atom is 0.109 e. The highest BCUT2D eigenvalue weighted by Crippen LogP contribution is 2.23. The van der Waals surface area contributed by atoms with Gasteiger partial charge in [-0.3, -0.25) is 0 Å². The molecule has 0 radical (unpaired) electrons. The van der Waals surface area contributed by atoms with Gasteiger partial charge in [-0.2, -0.15) is 0 Å². The lowest BCUT2D eigenvalue weighted by Crippen LogP contribution is -2.40. The molecule has 2 rings (SSSR count). The summed E-state index contributed by atoms with van der Waals surface area (Å²) in [6, 6.07) is 0.998. The summed E-state index contributed by atoms with van der Waals surface area (Å²) in [5, 5.41) is 7.01. The van der Waals surface area contributed by atoms with Crippen LogP contribution in [0, 0.1) is 0 Å². The van der Waals surface area contributed by atoms with Gasteiger partial charge in [0.05, 0.1) is 12.1 Å². The van der Waals surface area contributed by atoms with Crippen LogP contribution in [0.2, 0.25) is 0 Å². The van der Waals surface area contributed by atoms with E-state index in [1.807, 2.05) is 6.20 Å². The molecule has 1 aliphatic rings. The lowest BCUT2D eigenvalue weighted by atomic mass is 10.0. The minimum atomic E-state index is 0.413. The Kier molecular flexibility index (Phi) is 4.95. The molecule has 3 atom stereocenters. The molecule has 1 aromatic rings. The van der Waals surface area contributed by atoms with Gasteiger partial charge in [-0.15, -0.1) is 11.3 Å². The van der Waals surface area contributed by atoms with Crippen LogP contribution < -0.4 is 5.32 Å². The molecule has 1 aliphatic heterocycles. The van der Waals surface area contributed by atoms with E-state index in [0.717, 1.165) is 32.3 Å². The highest BCUT2D eigenvalue weighted by molar-refractivity contribution is 7.09. The standard InChI is InChI=1S/C13H22N2OS/c1-3-11-9-10(5-7-16-11)15-12(4-2)13-14-6-8-17-13/h6,8,10-12,15H,3-5,7,9H2,1-2H3. The monoisotopic (exact) mass is 254 g/mol. The molecule has 0 saturated carbocycles. The van der Waals surface area contributed by atoms with E-state index in [1.54, 1.807) is 11.3 Å². The van der Waals surface area contributed by atoms with Crippen LogP contribution in [-0.2, 0) is 4.74 Å². The fourth-order valence-electron chi connectivity index (χ4n) is 2.37. The predicted molar refractivity (Wildman–Crippen MR) is 71.3 cm³/mol. The first-order valence-electron chi connectivity index (χ1n) is 6.60. The molecular formula is C13H22N2OS. The van der Waals surface area contributed by atoms with Gasteiger partial charge in [-0.05, 0) is 25.7 Å². The number of thiazole rings is 1. The summed E-state index contributed by atoms with van der Waals surface area (Å²) in [5.74, 6) is 0. The van der Waals surface area contributed by atoms with Crippen molar-refractivity contribution < 1.29 is 4.74 Å². The molecule has 96 valence electrons. The summed E-state index contributed by atoms with van der Waals surface area (Å²) < 4.78 is 5.71. The van der Waals surface area contributed by atoms with Crippen molar-refractivity contribution in [2.24, 2.45) is 0 Å². The number of nitrogens with one attached hydrogen (secondary N) is 1. The van der Waals surface area contributed by atoms with Crippen LogP contribution in [0.25, 0.3) is 0 Å². The number of rotatable bonds is 5. The zero-order valence-electron chi connectivity index (χ0n) is 10.7. The highest BCUT2D eigenvalue weighted by Gasteiger charge is 2.24. The molecule has 17 heavy (non-hydrogen) atoms. The van der Waals surface area contributed by atoms with Gasteiger partial charge in [-0.25, -0.2) is 4.98 Å². The third-order valence-corrected chi connectivity index (χ3v) is 4.31. The zero-order chi connectivity index (χ0) is 12.1. The average Bonchev–Trinajstić information content (AvgIpc) is 2.90. The van der Waals surface area contributed by atoms with E-state index < -0.39 is 0 Å². The maximum atomic E-state index is 5.71. The summed E-state index contributed by atoms with van der Waals surface area (Å²) in [5.41, 5.74) is 0. The summed E-state index contributed by atoms with van der Waals surface area (Å²) in [4.78, 5) is 4.42. The number of hydrogen-bond donors (Lipinski definition) is 1. The molecule has 0 bridgehead atoms. The molecule has 0 amide bonds. The van der Waals surface area contributed by atoms with Gasteiger partial charge in [0.25, 0.3) is 0 Å². The smallest absolute Gasteiger partial charge is 0.109 e. The lowest BCUT2D eigenvalue weighted by Gasteiger charge is -2.32. The van der Waals surface area contributed by atoms with Gasteiger partial charge >= 0.3 is 0 Å². The molecule has 1 aromatic heterocycles. The first kappa shape index (κ1) is 13.0. The molecule has 3 unspecified atom stereocenters. The molecule has 0 aromatic carbocycles. The Morgan fingerprint density at radius 1 is 1.59 bits per heavy atom. The molecule has 1 saturated heterocycles. The van der Waals surface area contributed by atoms with Crippen molar-refractivity contribution in [2.75, 3.05) is 6.61 Å². The van der Waals surface area contributed by atoms with Crippen LogP contribution in [0.1, 0.15) is 50.6 Å². The van der Waals surface area contributed by atoms with Crippen molar-refractivity contribution in [1.29, 1.82) is 0 Å². The van der Waals surface area contributed by atoms with Crippen LogP contribution in [-0.4, -0.2) is 23.7 Å². The Balaban J connectivity index is 1.90. The Morgan fingerprint density at radius 3 is 3.12 bits per heavy atom. The van der Waals surface area contributed by atoms with E-state index in [4.69, 9.17) is 4.74 Å². The van der Waals surface area contributed by atoms with E-state index in [0.29, 0.717) is 18.2 Å². The van der Waals surface area contributed by atoms with Gasteiger partial charge < -0.3 is 10.1 Å². The largest absolute Gasteiger partial charge is 0.378 e. The van der Waals surface area contributed by atoms with Gasteiger partial charge in [-0.1, -0.05) is 13.8 Å². The second-order valence-electron chi connectivity index (χ2n) is 4.62. The van der Waals surface area contributed by atoms with Crippen molar-refractivity contribution in [3.63, 3.8) is 0 Å². The first-order chi connectivity index (χ1) is 8.33. The SMILES string of the molecule is CCC1CC(NC(CC)c2nccs2)CCO1. The van der Waals surface area contributed by atoms with Crippen molar-refractivity contribution in [1.82, 2.24) is 10.3 Å². The predicted octanol–water partition coefficient (Wildman–Crippen LogP) is 3.14. The van der Waals surface area contributed by atoms with Gasteiger partial charge in [0, 0.05) is 24.2 Å². The van der Waals surface area contributed by atoms with E-state index in [2.05, 4.69) is 29.5 Å². The van der Waals surface area contributed by atoms with Crippen molar-refractivity contribution in [3.05, 3.63) is 16.6 Å². The lowest BCUT2D eigenvalue weighted by molar-refractivity contribution is -0.00210. The van der Waals surface area contributed by atoms with E-state index in [-0.39, 0.29) is 0 Å². The second-order valence-corrected chi connectivity index (χ2v) is 5.55. The highest BCUT2D eigenvalue weighted by atomic mass is 32.1. The summed E-state index contributed by atoms with van der Waals surface area (Å²) in [6.45, 7) is 5.31. The summed E-state index contributed by atoms with van der Waals surface area (Å²) in [6.07, 6.45) is 6.81. The van der Waals surface area contributed by atoms with Crippen LogP contribution in [0.15, 0.2) is 11.6 Å². The topological polar surface area (TPSA) is 34.2 Å². The fourth-order valence-corrected chi connectivity index (χ4v) is 3.15. The van der Waals surface area contributed by atoms with E-state index in [1.165, 1.54) is 5.01 Å². The quantitative estimate of drug-likeness (QED) is 0.876. The Morgan fingerprint density at radius 2 is 2.47 bits per heavy atom. The Labute approximate surface area is 108 Å². The van der Waals surface area contributed by atoms with Gasteiger partial charge in [0.1, 0.15) is 5.01 Å². The number of hydrogen-bond acceptors (Lipinski definition) is 4. The Hall–Kier alpha value is -0.450.